The van der Waals surface area contributed by atoms with Gasteiger partial charge < -0.3 is 10.6 Å². The summed E-state index contributed by atoms with van der Waals surface area (Å²) in [5.41, 5.74) is -1.16. The first kappa shape index (κ1) is 19.0. The lowest BCUT2D eigenvalue weighted by Crippen LogP contribution is -2.55. The molecule has 1 saturated carbocycles. The van der Waals surface area contributed by atoms with Crippen molar-refractivity contribution in [3.05, 3.63) is 53.9 Å². The van der Waals surface area contributed by atoms with Gasteiger partial charge in [0.05, 0.1) is 5.56 Å². The van der Waals surface area contributed by atoms with Crippen LogP contribution in [0.1, 0.15) is 36.8 Å². The summed E-state index contributed by atoms with van der Waals surface area (Å²) in [6.07, 6.45) is 1.87. The normalized spacial score (nSPS) is 20.5. The highest BCUT2D eigenvalue weighted by Gasteiger charge is 2.48. The van der Waals surface area contributed by atoms with E-state index in [9.17, 15) is 18.0 Å². The Morgan fingerprint density at radius 3 is 2.54 bits per heavy atom. The maximum absolute atomic E-state index is 13.2. The highest BCUT2D eigenvalue weighted by atomic mass is 19.4. The summed E-state index contributed by atoms with van der Waals surface area (Å²) in [5, 5.41) is 10.6. The van der Waals surface area contributed by atoms with Crippen molar-refractivity contribution in [3.8, 4) is 0 Å². The predicted octanol–water partition coefficient (Wildman–Crippen LogP) is 2.83. The number of carbonyl (C=O) groups excluding carboxylic acids is 1. The van der Waals surface area contributed by atoms with Crippen molar-refractivity contribution in [1.29, 1.82) is 0 Å². The van der Waals surface area contributed by atoms with Gasteiger partial charge in [-0.05, 0) is 56.5 Å². The van der Waals surface area contributed by atoms with Crippen molar-refractivity contribution in [2.45, 2.75) is 42.8 Å². The molecule has 1 aromatic heterocycles. The third-order valence-electron chi connectivity index (χ3n) is 6.04. The van der Waals surface area contributed by atoms with Crippen LogP contribution < -0.4 is 10.6 Å². The second kappa shape index (κ2) is 6.92. The van der Waals surface area contributed by atoms with Gasteiger partial charge >= 0.3 is 6.18 Å². The summed E-state index contributed by atoms with van der Waals surface area (Å²) in [6, 6.07) is 7.26. The molecule has 5 nitrogen and oxygen atoms in total. The van der Waals surface area contributed by atoms with E-state index in [4.69, 9.17) is 0 Å². The van der Waals surface area contributed by atoms with Crippen molar-refractivity contribution in [2.75, 3.05) is 19.6 Å². The molecule has 2 heterocycles. The second-order valence-corrected chi connectivity index (χ2v) is 7.77. The Hall–Kier alpha value is -2.35. The molecule has 2 fully saturated rings. The van der Waals surface area contributed by atoms with E-state index in [-0.39, 0.29) is 5.91 Å². The van der Waals surface area contributed by atoms with E-state index in [1.54, 1.807) is 29.2 Å². The van der Waals surface area contributed by atoms with E-state index >= 15 is 0 Å². The molecule has 150 valence electrons. The van der Waals surface area contributed by atoms with E-state index in [2.05, 4.69) is 15.7 Å². The number of benzene rings is 1. The van der Waals surface area contributed by atoms with Crippen LogP contribution in [0.25, 0.3) is 0 Å². The van der Waals surface area contributed by atoms with Crippen LogP contribution in [0.5, 0.6) is 0 Å². The zero-order chi connectivity index (χ0) is 19.8. The molecule has 1 aromatic carbocycles. The molecule has 1 saturated heterocycles. The average molecular weight is 392 g/mol. The van der Waals surface area contributed by atoms with Crippen molar-refractivity contribution in [1.82, 2.24) is 20.4 Å². The number of nitrogens with zero attached hydrogens (tertiary/aromatic N) is 2. The van der Waals surface area contributed by atoms with Crippen LogP contribution in [0.4, 0.5) is 13.2 Å². The molecule has 8 heteroatoms. The van der Waals surface area contributed by atoms with E-state index in [1.165, 1.54) is 12.1 Å². The van der Waals surface area contributed by atoms with Gasteiger partial charge in [0.1, 0.15) is 5.54 Å². The van der Waals surface area contributed by atoms with Gasteiger partial charge in [0.25, 0.3) is 0 Å². The fourth-order valence-electron chi connectivity index (χ4n) is 4.08. The number of aromatic nitrogens is 2. The predicted molar refractivity (Wildman–Crippen MR) is 97.7 cm³/mol. The fraction of sp³-hybridized carbons (Fsp3) is 0.500. The van der Waals surface area contributed by atoms with Crippen LogP contribution >= 0.6 is 0 Å². The van der Waals surface area contributed by atoms with Gasteiger partial charge in [-0.25, -0.2) is 0 Å². The van der Waals surface area contributed by atoms with Gasteiger partial charge in [-0.1, -0.05) is 18.2 Å². The van der Waals surface area contributed by atoms with Gasteiger partial charge in [0, 0.05) is 24.4 Å². The molecule has 2 aliphatic rings. The largest absolute Gasteiger partial charge is 0.416 e. The van der Waals surface area contributed by atoms with Gasteiger partial charge in [-0.2, -0.15) is 18.3 Å². The monoisotopic (exact) mass is 392 g/mol. The molecule has 4 rings (SSSR count). The summed E-state index contributed by atoms with van der Waals surface area (Å²) in [6.45, 7) is 1.77. The molecule has 2 aromatic rings. The Balaban J connectivity index is 1.51. The zero-order valence-electron chi connectivity index (χ0n) is 15.4. The minimum absolute atomic E-state index is 0.115. The van der Waals surface area contributed by atoms with Crippen molar-refractivity contribution in [2.24, 2.45) is 0 Å². The maximum Gasteiger partial charge on any atom is 0.416 e. The van der Waals surface area contributed by atoms with Crippen LogP contribution in [0.3, 0.4) is 0 Å². The Morgan fingerprint density at radius 2 is 1.93 bits per heavy atom. The first-order valence-corrected chi connectivity index (χ1v) is 9.53. The molecule has 28 heavy (non-hydrogen) atoms. The van der Waals surface area contributed by atoms with Gasteiger partial charge in [-0.15, -0.1) is 0 Å². The van der Waals surface area contributed by atoms with Gasteiger partial charge in [-0.3, -0.25) is 9.48 Å². The van der Waals surface area contributed by atoms with Crippen LogP contribution in [-0.2, 0) is 21.9 Å². The lowest BCUT2D eigenvalue weighted by molar-refractivity contribution is -0.137. The van der Waals surface area contributed by atoms with Crippen molar-refractivity contribution >= 4 is 5.91 Å². The third kappa shape index (κ3) is 3.41. The third-order valence-corrected chi connectivity index (χ3v) is 6.04. The van der Waals surface area contributed by atoms with Gasteiger partial charge in [0.15, 0.2) is 0 Å². The Morgan fingerprint density at radius 1 is 1.18 bits per heavy atom. The van der Waals surface area contributed by atoms with E-state index in [1.807, 2.05) is 0 Å². The maximum atomic E-state index is 13.2. The minimum Gasteiger partial charge on any atom is -0.353 e. The number of nitrogens with one attached hydrogen (secondary N) is 2. The van der Waals surface area contributed by atoms with Gasteiger partial charge in [0.2, 0.25) is 5.91 Å². The van der Waals surface area contributed by atoms with Crippen LogP contribution in [0.2, 0.25) is 0 Å². The molecule has 0 radical (unpaired) electrons. The SMILES string of the molecule is O=C(NCC1(c2cccc(C(F)(F)F)c2)CC1)C1(n2cccn2)CCNCC1. The molecule has 1 aliphatic heterocycles. The highest BCUT2D eigenvalue weighted by Crippen LogP contribution is 2.48. The summed E-state index contributed by atoms with van der Waals surface area (Å²) in [4.78, 5) is 13.2. The summed E-state index contributed by atoms with van der Waals surface area (Å²) in [7, 11) is 0. The fourth-order valence-corrected chi connectivity index (χ4v) is 4.08. The molecule has 0 spiro atoms. The number of amides is 1. The molecule has 1 amide bonds. The lowest BCUT2D eigenvalue weighted by atomic mass is 9.86. The molecule has 0 atom stereocenters. The molecule has 0 bridgehead atoms. The number of hydrogen-bond acceptors (Lipinski definition) is 3. The van der Waals surface area contributed by atoms with E-state index in [0.717, 1.165) is 18.9 Å². The quantitative estimate of drug-likeness (QED) is 0.823. The van der Waals surface area contributed by atoms with E-state index in [0.29, 0.717) is 38.0 Å². The first-order chi connectivity index (χ1) is 13.4. The van der Waals surface area contributed by atoms with Crippen LogP contribution in [0.15, 0.2) is 42.7 Å². The summed E-state index contributed by atoms with van der Waals surface area (Å²) < 4.78 is 40.9. The molecule has 0 unspecified atom stereocenters. The standard InChI is InChI=1S/C20H23F3N4O/c21-20(22,23)16-4-1-3-15(13-16)18(5-6-18)14-25-17(28)19(7-10-24-11-8-19)27-12-2-9-26-27/h1-4,9,12-13,24H,5-8,10-11,14H2,(H,25,28). The van der Waals surface area contributed by atoms with Crippen LogP contribution in [-0.4, -0.2) is 35.3 Å². The highest BCUT2D eigenvalue weighted by molar-refractivity contribution is 5.84. The lowest BCUT2D eigenvalue weighted by Gasteiger charge is -2.37. The molecule has 1 aliphatic carbocycles. The average Bonchev–Trinajstić information content (AvgIpc) is 3.28. The number of hydrogen-bond donors (Lipinski definition) is 2. The Labute approximate surface area is 161 Å². The second-order valence-electron chi connectivity index (χ2n) is 7.77. The van der Waals surface area contributed by atoms with Crippen LogP contribution in [0, 0.1) is 0 Å². The smallest absolute Gasteiger partial charge is 0.353 e. The number of rotatable bonds is 5. The Kier molecular flexibility index (Phi) is 4.69. The number of alkyl halides is 3. The minimum atomic E-state index is -4.37. The van der Waals surface area contributed by atoms with E-state index < -0.39 is 22.7 Å². The first-order valence-electron chi connectivity index (χ1n) is 9.53. The molecular formula is C20H23F3N4O. The zero-order valence-corrected chi connectivity index (χ0v) is 15.4. The summed E-state index contributed by atoms with van der Waals surface area (Å²) >= 11 is 0. The molecule has 2 N–H and O–H groups in total. The molecular weight excluding hydrogens is 369 g/mol. The van der Waals surface area contributed by atoms with Crippen molar-refractivity contribution < 1.29 is 18.0 Å². The topological polar surface area (TPSA) is 59.0 Å². The number of piperidine rings is 1. The number of carbonyl (C=O) groups is 1. The Bertz CT molecular complexity index is 837. The van der Waals surface area contributed by atoms with Crippen molar-refractivity contribution in [3.63, 3.8) is 0 Å². The number of halogens is 3. The summed E-state index contributed by atoms with van der Waals surface area (Å²) in [5.74, 6) is -0.115.